The number of amides is 2. The number of carbonyl (C=O) groups is 2. The number of nitrogens with one attached hydrogen (secondary N) is 1. The van der Waals surface area contributed by atoms with Crippen molar-refractivity contribution >= 4 is 11.8 Å². The van der Waals surface area contributed by atoms with E-state index in [-0.39, 0.29) is 24.5 Å². The molecule has 0 radical (unpaired) electrons. The second-order valence-corrected chi connectivity index (χ2v) is 3.76. The van der Waals surface area contributed by atoms with Crippen molar-refractivity contribution in [3.8, 4) is 0 Å². The first-order chi connectivity index (χ1) is 6.74. The van der Waals surface area contributed by atoms with Gasteiger partial charge < -0.3 is 15.3 Å². The van der Waals surface area contributed by atoms with Gasteiger partial charge in [-0.2, -0.15) is 0 Å². The molecule has 14 heavy (non-hydrogen) atoms. The summed E-state index contributed by atoms with van der Waals surface area (Å²) >= 11 is 0. The average Bonchev–Trinajstić information content (AvgIpc) is 2.63. The van der Waals surface area contributed by atoms with Gasteiger partial charge in [0.25, 0.3) is 0 Å². The lowest BCUT2D eigenvalue weighted by atomic mass is 10.1. The van der Waals surface area contributed by atoms with Crippen LogP contribution in [0.2, 0.25) is 0 Å². The van der Waals surface area contributed by atoms with Gasteiger partial charge in [0.1, 0.15) is 12.1 Å². The van der Waals surface area contributed by atoms with Crippen LogP contribution in [0.5, 0.6) is 0 Å². The highest BCUT2D eigenvalue weighted by atomic mass is 16.3. The summed E-state index contributed by atoms with van der Waals surface area (Å²) in [6.45, 7) is 0.605. The molecule has 2 aliphatic rings. The van der Waals surface area contributed by atoms with Gasteiger partial charge in [-0.3, -0.25) is 9.59 Å². The highest BCUT2D eigenvalue weighted by molar-refractivity contribution is 5.97. The van der Waals surface area contributed by atoms with Gasteiger partial charge in [-0.05, 0) is 19.3 Å². The van der Waals surface area contributed by atoms with E-state index in [9.17, 15) is 9.59 Å². The first-order valence-corrected chi connectivity index (χ1v) is 4.96. The fourth-order valence-corrected chi connectivity index (χ4v) is 2.16. The normalized spacial score (nSPS) is 31.6. The van der Waals surface area contributed by atoms with Crippen LogP contribution in [0.1, 0.15) is 19.3 Å². The molecule has 0 aromatic carbocycles. The Morgan fingerprint density at radius 3 is 3.00 bits per heavy atom. The Labute approximate surface area is 82.1 Å². The largest absolute Gasteiger partial charge is 0.396 e. The molecule has 5 nitrogen and oxygen atoms in total. The van der Waals surface area contributed by atoms with E-state index in [0.717, 1.165) is 12.8 Å². The molecule has 2 fully saturated rings. The van der Waals surface area contributed by atoms with Crippen molar-refractivity contribution in [1.29, 1.82) is 0 Å². The molecular formula is C9H14N2O3. The third-order valence-electron chi connectivity index (χ3n) is 2.87. The average molecular weight is 198 g/mol. The molecule has 0 unspecified atom stereocenters. The van der Waals surface area contributed by atoms with Crippen molar-refractivity contribution in [1.82, 2.24) is 10.2 Å². The number of rotatable bonds is 2. The van der Waals surface area contributed by atoms with Gasteiger partial charge in [-0.15, -0.1) is 0 Å². The van der Waals surface area contributed by atoms with Gasteiger partial charge in [0.2, 0.25) is 11.8 Å². The highest BCUT2D eigenvalue weighted by Crippen LogP contribution is 2.22. The van der Waals surface area contributed by atoms with Gasteiger partial charge in [-0.1, -0.05) is 0 Å². The summed E-state index contributed by atoms with van der Waals surface area (Å²) in [5, 5.41) is 11.4. The van der Waals surface area contributed by atoms with E-state index in [1.165, 1.54) is 0 Å². The molecule has 78 valence electrons. The minimum absolute atomic E-state index is 0.0406. The van der Waals surface area contributed by atoms with Gasteiger partial charge in [0.15, 0.2) is 0 Å². The van der Waals surface area contributed by atoms with Gasteiger partial charge >= 0.3 is 0 Å². The lowest BCUT2D eigenvalue weighted by Crippen LogP contribution is -2.61. The number of hydrogen-bond donors (Lipinski definition) is 2. The van der Waals surface area contributed by atoms with Crippen LogP contribution in [0, 0.1) is 0 Å². The van der Waals surface area contributed by atoms with E-state index in [1.807, 2.05) is 0 Å². The summed E-state index contributed by atoms with van der Waals surface area (Å²) in [5.41, 5.74) is 0. The van der Waals surface area contributed by atoms with E-state index < -0.39 is 6.04 Å². The molecule has 0 aromatic rings. The van der Waals surface area contributed by atoms with Crippen molar-refractivity contribution in [2.24, 2.45) is 0 Å². The topological polar surface area (TPSA) is 69.6 Å². The van der Waals surface area contributed by atoms with Crippen molar-refractivity contribution in [3.05, 3.63) is 0 Å². The quantitative estimate of drug-likeness (QED) is 0.589. The summed E-state index contributed by atoms with van der Waals surface area (Å²) in [6, 6.07) is -0.765. The molecule has 0 aromatic heterocycles. The van der Waals surface area contributed by atoms with Crippen molar-refractivity contribution in [2.75, 3.05) is 13.2 Å². The number of aliphatic hydroxyl groups is 1. The Morgan fingerprint density at radius 2 is 2.29 bits per heavy atom. The lowest BCUT2D eigenvalue weighted by Gasteiger charge is -2.34. The van der Waals surface area contributed by atoms with E-state index in [4.69, 9.17) is 5.11 Å². The summed E-state index contributed by atoms with van der Waals surface area (Å²) in [5.74, 6) is -0.110. The Morgan fingerprint density at radius 1 is 1.50 bits per heavy atom. The first kappa shape index (κ1) is 9.45. The minimum Gasteiger partial charge on any atom is -0.396 e. The molecule has 2 rings (SSSR count). The SMILES string of the molecule is O=C1N[C@@H](CCO)C(=O)N2CCC[C@@H]12. The molecule has 2 atom stereocenters. The standard InChI is InChI=1S/C9H14N2O3/c12-5-3-6-9(14)11-4-1-2-7(11)8(13)10-6/h6-7,12H,1-5H2,(H,10,13)/t6-,7-/m0/s1. The van der Waals surface area contributed by atoms with Crippen LogP contribution in [-0.4, -0.2) is 47.1 Å². The maximum Gasteiger partial charge on any atom is 0.245 e. The molecule has 0 spiro atoms. The van der Waals surface area contributed by atoms with Gasteiger partial charge in [-0.25, -0.2) is 0 Å². The zero-order valence-corrected chi connectivity index (χ0v) is 7.90. The van der Waals surface area contributed by atoms with Crippen LogP contribution in [0.25, 0.3) is 0 Å². The molecule has 2 saturated heterocycles. The third-order valence-corrected chi connectivity index (χ3v) is 2.87. The number of piperazine rings is 1. The fraction of sp³-hybridized carbons (Fsp3) is 0.778. The Hall–Kier alpha value is -1.10. The Balaban J connectivity index is 2.12. The van der Waals surface area contributed by atoms with Crippen LogP contribution < -0.4 is 5.32 Å². The van der Waals surface area contributed by atoms with E-state index in [0.29, 0.717) is 13.0 Å². The zero-order chi connectivity index (χ0) is 10.1. The smallest absolute Gasteiger partial charge is 0.245 e. The Bertz CT molecular complexity index is 267. The predicted molar refractivity (Wildman–Crippen MR) is 48.4 cm³/mol. The maximum atomic E-state index is 11.7. The minimum atomic E-state index is -0.512. The van der Waals surface area contributed by atoms with E-state index >= 15 is 0 Å². The van der Waals surface area contributed by atoms with Gasteiger partial charge in [0.05, 0.1) is 0 Å². The number of nitrogens with zero attached hydrogens (tertiary/aromatic N) is 1. The molecule has 0 saturated carbocycles. The molecule has 0 bridgehead atoms. The molecule has 5 heteroatoms. The van der Waals surface area contributed by atoms with E-state index in [1.54, 1.807) is 4.90 Å². The number of hydrogen-bond acceptors (Lipinski definition) is 3. The molecule has 2 heterocycles. The van der Waals surface area contributed by atoms with Crippen molar-refractivity contribution in [3.63, 3.8) is 0 Å². The van der Waals surface area contributed by atoms with E-state index in [2.05, 4.69) is 5.32 Å². The summed E-state index contributed by atoms with van der Waals surface area (Å²) in [6.07, 6.45) is 1.98. The third kappa shape index (κ3) is 1.37. The monoisotopic (exact) mass is 198 g/mol. The molecule has 2 amide bonds. The van der Waals surface area contributed by atoms with Gasteiger partial charge in [0, 0.05) is 13.2 Å². The first-order valence-electron chi connectivity index (χ1n) is 4.96. The number of fused-ring (bicyclic) bond motifs is 1. The van der Waals surface area contributed by atoms with Crippen molar-refractivity contribution in [2.45, 2.75) is 31.3 Å². The lowest BCUT2D eigenvalue weighted by molar-refractivity contribution is -0.147. The predicted octanol–water partition coefficient (Wildman–Crippen LogP) is -1.14. The maximum absolute atomic E-state index is 11.7. The molecule has 2 aliphatic heterocycles. The summed E-state index contributed by atoms with van der Waals surface area (Å²) < 4.78 is 0. The summed E-state index contributed by atoms with van der Waals surface area (Å²) in [7, 11) is 0. The number of carbonyl (C=O) groups excluding carboxylic acids is 2. The zero-order valence-electron chi connectivity index (χ0n) is 7.90. The highest BCUT2D eigenvalue weighted by Gasteiger charge is 2.42. The van der Waals surface area contributed by atoms with Crippen LogP contribution in [0.4, 0.5) is 0 Å². The van der Waals surface area contributed by atoms with Crippen LogP contribution in [0.15, 0.2) is 0 Å². The summed E-state index contributed by atoms with van der Waals surface area (Å²) in [4.78, 5) is 24.9. The van der Waals surface area contributed by atoms with Crippen LogP contribution >= 0.6 is 0 Å². The second-order valence-electron chi connectivity index (χ2n) is 3.76. The van der Waals surface area contributed by atoms with Crippen LogP contribution in [-0.2, 0) is 9.59 Å². The molecule has 0 aliphatic carbocycles. The molecular weight excluding hydrogens is 184 g/mol. The van der Waals surface area contributed by atoms with Crippen LogP contribution in [0.3, 0.4) is 0 Å². The van der Waals surface area contributed by atoms with Crippen molar-refractivity contribution < 1.29 is 14.7 Å². The second kappa shape index (κ2) is 3.57. The fourth-order valence-electron chi connectivity index (χ4n) is 2.16. The Kier molecular flexibility index (Phi) is 2.41. The number of aliphatic hydroxyl groups excluding tert-OH is 1. The molecule has 2 N–H and O–H groups in total.